The van der Waals surface area contributed by atoms with Crippen molar-refractivity contribution < 1.29 is 34.4 Å². The molecule has 2 amide bonds. The van der Waals surface area contributed by atoms with Gasteiger partial charge in [0.15, 0.2) is 6.10 Å². The Balaban J connectivity index is 2.16. The summed E-state index contributed by atoms with van der Waals surface area (Å²) in [5.74, 6) is -0.669. The fraction of sp³-hybridized carbons (Fsp3) is 0.583. The Morgan fingerprint density at radius 3 is 2.42 bits per heavy atom. The van der Waals surface area contributed by atoms with E-state index in [1.165, 1.54) is 13.2 Å². The fourth-order valence-electron chi connectivity index (χ4n) is 3.48. The summed E-state index contributed by atoms with van der Waals surface area (Å²) in [4.78, 5) is 27.7. The van der Waals surface area contributed by atoms with E-state index in [2.05, 4.69) is 5.32 Å². The molecule has 1 aromatic rings. The van der Waals surface area contributed by atoms with E-state index in [4.69, 9.17) is 9.47 Å². The Morgan fingerprint density at radius 1 is 1.21 bits per heavy atom. The molecule has 0 radical (unpaired) electrons. The number of para-hydroxylation sites is 2. The van der Waals surface area contributed by atoms with Crippen LogP contribution in [0, 0.1) is 5.41 Å². The number of nitrogens with zero attached hydrogens (tertiary/aromatic N) is 1. The summed E-state index contributed by atoms with van der Waals surface area (Å²) in [6, 6.07) is 5.85. The zero-order valence-electron chi connectivity index (χ0n) is 20.1. The van der Waals surface area contributed by atoms with E-state index in [0.717, 1.165) is 0 Å². The topological polar surface area (TPSA) is 129 Å². The van der Waals surface area contributed by atoms with Gasteiger partial charge in [0.25, 0.3) is 11.8 Å². The number of carbonyl (C=O) groups excluding carboxylic acids is 2. The van der Waals surface area contributed by atoms with Crippen molar-refractivity contribution >= 4 is 17.5 Å². The molecule has 1 aliphatic heterocycles. The van der Waals surface area contributed by atoms with Crippen LogP contribution in [0.1, 0.15) is 34.6 Å². The van der Waals surface area contributed by atoms with Crippen LogP contribution in [0.5, 0.6) is 5.75 Å². The molecule has 184 valence electrons. The zero-order chi connectivity index (χ0) is 24.9. The predicted molar refractivity (Wildman–Crippen MR) is 124 cm³/mol. The lowest BCUT2D eigenvalue weighted by Gasteiger charge is -2.30. The molecule has 1 unspecified atom stereocenters. The van der Waals surface area contributed by atoms with Crippen molar-refractivity contribution in [3.63, 3.8) is 0 Å². The number of aliphatic hydroxyl groups excluding tert-OH is 3. The van der Waals surface area contributed by atoms with Gasteiger partial charge in [0.05, 0.1) is 5.69 Å². The smallest absolute Gasteiger partial charge is 0.253 e. The molecule has 0 aliphatic carbocycles. The highest BCUT2D eigenvalue weighted by Gasteiger charge is 2.39. The summed E-state index contributed by atoms with van der Waals surface area (Å²) in [5, 5.41) is 33.7. The van der Waals surface area contributed by atoms with Gasteiger partial charge >= 0.3 is 0 Å². The molecule has 1 heterocycles. The lowest BCUT2D eigenvalue weighted by Crippen LogP contribution is -2.57. The number of benzene rings is 1. The van der Waals surface area contributed by atoms with Gasteiger partial charge in [-0.1, -0.05) is 45.1 Å². The molecule has 4 N–H and O–H groups in total. The van der Waals surface area contributed by atoms with Crippen LogP contribution in [-0.4, -0.2) is 77.4 Å². The molecule has 0 fully saturated rings. The molecule has 0 saturated heterocycles. The number of aliphatic hydroxyl groups is 3. The Hall–Kier alpha value is -2.46. The number of amides is 2. The third-order valence-corrected chi connectivity index (χ3v) is 5.21. The Kier molecular flexibility index (Phi) is 9.02. The lowest BCUT2D eigenvalue weighted by atomic mass is 9.94. The van der Waals surface area contributed by atoms with E-state index in [0.29, 0.717) is 11.4 Å². The highest BCUT2D eigenvalue weighted by atomic mass is 16.5. The van der Waals surface area contributed by atoms with Gasteiger partial charge in [-0.05, 0) is 31.4 Å². The predicted octanol–water partition coefficient (Wildman–Crippen LogP) is 1.01. The summed E-state index contributed by atoms with van der Waals surface area (Å²) in [5.41, 5.74) is 0.352. The molecule has 1 aromatic carbocycles. The summed E-state index contributed by atoms with van der Waals surface area (Å²) in [7, 11) is 1.19. The lowest BCUT2D eigenvalue weighted by molar-refractivity contribution is -0.150. The zero-order valence-corrected chi connectivity index (χ0v) is 20.1. The van der Waals surface area contributed by atoms with Gasteiger partial charge in [-0.25, -0.2) is 0 Å². The van der Waals surface area contributed by atoms with E-state index in [9.17, 15) is 24.9 Å². The molecular formula is C24H36N2O7. The monoisotopic (exact) mass is 464 g/mol. The third-order valence-electron chi connectivity index (χ3n) is 5.21. The molecule has 2 rings (SSSR count). The average molecular weight is 465 g/mol. The Morgan fingerprint density at radius 2 is 1.85 bits per heavy atom. The largest absolute Gasteiger partial charge is 0.489 e. The van der Waals surface area contributed by atoms with Gasteiger partial charge in [0.2, 0.25) is 0 Å². The maximum atomic E-state index is 13.2. The molecular weight excluding hydrogens is 428 g/mol. The van der Waals surface area contributed by atoms with Gasteiger partial charge in [-0.3, -0.25) is 9.59 Å². The van der Waals surface area contributed by atoms with Crippen molar-refractivity contribution in [3.05, 3.63) is 36.4 Å². The minimum Gasteiger partial charge on any atom is -0.489 e. The van der Waals surface area contributed by atoms with Crippen LogP contribution in [0.4, 0.5) is 5.69 Å². The van der Waals surface area contributed by atoms with Crippen LogP contribution in [0.25, 0.3) is 0 Å². The van der Waals surface area contributed by atoms with Crippen molar-refractivity contribution in [3.8, 4) is 5.75 Å². The Bertz CT molecular complexity index is 849. The second-order valence-corrected chi connectivity index (χ2v) is 9.50. The van der Waals surface area contributed by atoms with Crippen molar-refractivity contribution in [1.82, 2.24) is 5.32 Å². The molecule has 0 spiro atoms. The van der Waals surface area contributed by atoms with Crippen molar-refractivity contribution in [2.45, 2.75) is 71.1 Å². The number of methoxy groups -OCH3 is 1. The number of carbonyl (C=O) groups is 2. The fourth-order valence-corrected chi connectivity index (χ4v) is 3.48. The van der Waals surface area contributed by atoms with Crippen LogP contribution >= 0.6 is 0 Å². The summed E-state index contributed by atoms with van der Waals surface area (Å²) < 4.78 is 10.9. The third kappa shape index (κ3) is 6.77. The highest BCUT2D eigenvalue weighted by molar-refractivity contribution is 6.01. The first kappa shape index (κ1) is 26.8. The van der Waals surface area contributed by atoms with Crippen LogP contribution in [0.15, 0.2) is 36.4 Å². The van der Waals surface area contributed by atoms with Crippen LogP contribution in [0.2, 0.25) is 0 Å². The van der Waals surface area contributed by atoms with Crippen LogP contribution < -0.4 is 15.0 Å². The number of hydrogen-bond acceptors (Lipinski definition) is 7. The number of nitrogens with one attached hydrogen (secondary N) is 1. The van der Waals surface area contributed by atoms with Gasteiger partial charge in [0.1, 0.15) is 36.7 Å². The number of hydrogen-bond donors (Lipinski definition) is 4. The number of rotatable bonds is 8. The number of anilines is 1. The van der Waals surface area contributed by atoms with Gasteiger partial charge in [0, 0.05) is 13.2 Å². The quantitative estimate of drug-likeness (QED) is 0.423. The summed E-state index contributed by atoms with van der Waals surface area (Å²) in [6.45, 7) is 9.32. The van der Waals surface area contributed by atoms with E-state index in [1.807, 2.05) is 34.6 Å². The molecule has 0 saturated carbocycles. The van der Waals surface area contributed by atoms with E-state index < -0.39 is 36.4 Å². The van der Waals surface area contributed by atoms with Crippen molar-refractivity contribution in [1.29, 1.82) is 0 Å². The summed E-state index contributed by atoms with van der Waals surface area (Å²) >= 11 is 0. The first-order valence-electron chi connectivity index (χ1n) is 11.0. The maximum absolute atomic E-state index is 13.2. The van der Waals surface area contributed by atoms with E-state index in [1.54, 1.807) is 35.2 Å². The molecule has 9 nitrogen and oxygen atoms in total. The average Bonchev–Trinajstić information content (AvgIpc) is 2.88. The van der Waals surface area contributed by atoms with Gasteiger partial charge in [-0.2, -0.15) is 0 Å². The highest BCUT2D eigenvalue weighted by Crippen LogP contribution is 2.32. The standard InChI is InChI=1S/C24H36N2O7/c1-14(2)26-16-9-7-8-10-18(16)33-13-15(23(26)31)25-22(30)21(32-6)20(29)19(28)17(27)11-12-24(3,4)5/h7-12,14-15,17,19-21,27-29H,13H2,1-6H3,(H,25,30)/b12-11+/t15?,17-,19+,20-,21-/m1/s1. The molecule has 5 atom stereocenters. The normalized spacial score (nSPS) is 20.6. The molecule has 0 aromatic heterocycles. The minimum absolute atomic E-state index is 0.114. The van der Waals surface area contributed by atoms with E-state index in [-0.39, 0.29) is 24.0 Å². The molecule has 33 heavy (non-hydrogen) atoms. The first-order valence-corrected chi connectivity index (χ1v) is 11.0. The van der Waals surface area contributed by atoms with Crippen LogP contribution in [0.3, 0.4) is 0 Å². The number of ether oxygens (including phenoxy) is 2. The molecule has 1 aliphatic rings. The van der Waals surface area contributed by atoms with Crippen molar-refractivity contribution in [2.75, 3.05) is 18.6 Å². The van der Waals surface area contributed by atoms with Gasteiger partial charge < -0.3 is 35.0 Å². The van der Waals surface area contributed by atoms with Gasteiger partial charge in [-0.15, -0.1) is 0 Å². The number of allylic oxidation sites excluding steroid dienone is 1. The SMILES string of the molecule is CO[C@@H](C(=O)NC1COc2ccccc2N(C(C)C)C1=O)[C@H](O)[C@@H](O)[C@H](O)/C=C/C(C)(C)C. The second kappa shape index (κ2) is 11.1. The number of fused-ring (bicyclic) bond motifs is 1. The Labute approximate surface area is 195 Å². The van der Waals surface area contributed by atoms with E-state index >= 15 is 0 Å². The second-order valence-electron chi connectivity index (χ2n) is 9.50. The first-order chi connectivity index (χ1) is 15.4. The minimum atomic E-state index is -1.74. The maximum Gasteiger partial charge on any atom is 0.253 e. The molecule has 9 heteroatoms. The van der Waals surface area contributed by atoms with Crippen LogP contribution in [-0.2, 0) is 14.3 Å². The summed E-state index contributed by atoms with van der Waals surface area (Å²) in [6.07, 6.45) is -3.32. The molecule has 0 bridgehead atoms. The van der Waals surface area contributed by atoms with Crippen molar-refractivity contribution in [2.24, 2.45) is 5.41 Å².